The van der Waals surface area contributed by atoms with E-state index in [1.165, 1.54) is 32.9 Å². The van der Waals surface area contributed by atoms with Crippen LogP contribution in [0.25, 0.3) is 11.8 Å². The molecule has 0 spiro atoms. The standard InChI is InChI=1S/C25H22FN3O5/c1-2-27-14-22(30)29(25(27)33)16-9-10-28(13-16)23(31)19-11-15(7-8-20(19)26)12-21-17-5-3-4-6-18(17)24(32)34-21/h3-8,11-12,16H,2,9-10,13-14H2,1H3/b21-12-/t16-/m1/s1. The zero-order valence-electron chi connectivity index (χ0n) is 18.5. The van der Waals surface area contributed by atoms with Crippen molar-refractivity contribution in [1.82, 2.24) is 14.7 Å². The molecule has 2 aromatic carbocycles. The van der Waals surface area contributed by atoms with Crippen LogP contribution in [0.4, 0.5) is 9.18 Å². The Labute approximate surface area is 195 Å². The topological polar surface area (TPSA) is 87.2 Å². The molecule has 0 radical (unpaired) electrons. The number of likely N-dealkylation sites (tertiary alicyclic amines) is 1. The molecule has 0 bridgehead atoms. The third-order valence-electron chi connectivity index (χ3n) is 6.40. The first-order chi connectivity index (χ1) is 16.4. The van der Waals surface area contributed by atoms with Crippen molar-refractivity contribution in [2.75, 3.05) is 26.2 Å². The van der Waals surface area contributed by atoms with Crippen molar-refractivity contribution in [1.29, 1.82) is 0 Å². The monoisotopic (exact) mass is 463 g/mol. The van der Waals surface area contributed by atoms with Crippen molar-refractivity contribution in [3.63, 3.8) is 0 Å². The first kappa shape index (κ1) is 21.8. The Hall–Kier alpha value is -4.01. The molecule has 34 heavy (non-hydrogen) atoms. The van der Waals surface area contributed by atoms with Crippen molar-refractivity contribution in [3.05, 3.63) is 70.5 Å². The lowest BCUT2D eigenvalue weighted by atomic mass is 10.0. The number of rotatable bonds is 4. The number of halogens is 1. The minimum Gasteiger partial charge on any atom is -0.422 e. The average Bonchev–Trinajstić information content (AvgIpc) is 3.51. The maximum atomic E-state index is 14.6. The van der Waals surface area contributed by atoms with Gasteiger partial charge in [-0.1, -0.05) is 24.3 Å². The van der Waals surface area contributed by atoms with Gasteiger partial charge in [0, 0.05) is 25.2 Å². The summed E-state index contributed by atoms with van der Waals surface area (Å²) in [7, 11) is 0. The van der Waals surface area contributed by atoms with Crippen molar-refractivity contribution in [2.45, 2.75) is 19.4 Å². The number of carbonyl (C=O) groups excluding carboxylic acids is 4. The molecule has 4 amide bonds. The summed E-state index contributed by atoms with van der Waals surface area (Å²) < 4.78 is 20.0. The van der Waals surface area contributed by atoms with Gasteiger partial charge in [-0.3, -0.25) is 14.5 Å². The molecule has 9 heteroatoms. The number of urea groups is 1. The molecule has 2 fully saturated rings. The van der Waals surface area contributed by atoms with Crippen molar-refractivity contribution >= 4 is 35.6 Å². The largest absolute Gasteiger partial charge is 0.422 e. The van der Waals surface area contributed by atoms with Gasteiger partial charge >= 0.3 is 12.0 Å². The van der Waals surface area contributed by atoms with Crippen LogP contribution in [0.1, 0.15) is 45.2 Å². The van der Waals surface area contributed by atoms with Gasteiger partial charge in [-0.2, -0.15) is 0 Å². The molecule has 8 nitrogen and oxygen atoms in total. The van der Waals surface area contributed by atoms with Crippen molar-refractivity contribution < 1.29 is 28.3 Å². The third kappa shape index (κ3) is 3.63. The second-order valence-corrected chi connectivity index (χ2v) is 8.44. The van der Waals surface area contributed by atoms with Gasteiger partial charge in [0.2, 0.25) is 0 Å². The molecule has 0 N–H and O–H groups in total. The first-order valence-electron chi connectivity index (χ1n) is 11.1. The zero-order chi connectivity index (χ0) is 24.0. The molecular formula is C25H22FN3O5. The molecule has 0 aromatic heterocycles. The molecule has 174 valence electrons. The molecule has 3 aliphatic heterocycles. The van der Waals surface area contributed by atoms with Gasteiger partial charge in [-0.05, 0) is 43.2 Å². The molecule has 1 atom stereocenters. The summed E-state index contributed by atoms with van der Waals surface area (Å²) in [5.41, 5.74) is 1.46. The maximum absolute atomic E-state index is 14.6. The second-order valence-electron chi connectivity index (χ2n) is 8.44. The molecule has 5 rings (SSSR count). The fourth-order valence-corrected chi connectivity index (χ4v) is 4.62. The number of nitrogens with zero attached hydrogens (tertiary/aromatic N) is 3. The predicted molar refractivity (Wildman–Crippen MR) is 120 cm³/mol. The Morgan fingerprint density at radius 1 is 1.15 bits per heavy atom. The maximum Gasteiger partial charge on any atom is 0.344 e. The zero-order valence-corrected chi connectivity index (χ0v) is 18.5. The lowest BCUT2D eigenvalue weighted by Crippen LogP contribution is -2.43. The number of likely N-dealkylation sites (N-methyl/N-ethyl adjacent to an activating group) is 1. The van der Waals surface area contributed by atoms with E-state index in [0.717, 1.165) is 0 Å². The van der Waals surface area contributed by atoms with Crippen LogP contribution < -0.4 is 0 Å². The van der Waals surface area contributed by atoms with Crippen LogP contribution in [0.2, 0.25) is 0 Å². The first-order valence-corrected chi connectivity index (χ1v) is 11.1. The number of benzene rings is 2. The molecule has 3 heterocycles. The minimum absolute atomic E-state index is 0.0405. The Balaban J connectivity index is 1.36. The highest BCUT2D eigenvalue weighted by Gasteiger charge is 2.43. The van der Waals surface area contributed by atoms with E-state index in [9.17, 15) is 23.6 Å². The van der Waals surface area contributed by atoms with Crippen LogP contribution in [0.5, 0.6) is 0 Å². The minimum atomic E-state index is -0.676. The van der Waals surface area contributed by atoms with Gasteiger partial charge in [0.1, 0.15) is 18.1 Å². The Morgan fingerprint density at radius 3 is 2.65 bits per heavy atom. The lowest BCUT2D eigenvalue weighted by molar-refractivity contribution is -0.126. The molecule has 0 aliphatic carbocycles. The van der Waals surface area contributed by atoms with E-state index >= 15 is 0 Å². The average molecular weight is 463 g/mol. The van der Waals surface area contributed by atoms with Crippen LogP contribution in [0, 0.1) is 5.82 Å². The highest BCUT2D eigenvalue weighted by Crippen LogP contribution is 2.31. The molecule has 0 saturated carbocycles. The van der Waals surface area contributed by atoms with Gasteiger partial charge < -0.3 is 14.5 Å². The number of fused-ring (bicyclic) bond motifs is 1. The number of cyclic esters (lactones) is 1. The Kier molecular flexibility index (Phi) is 5.39. The Morgan fingerprint density at radius 2 is 1.91 bits per heavy atom. The third-order valence-corrected chi connectivity index (χ3v) is 6.40. The van der Waals surface area contributed by atoms with Gasteiger partial charge in [-0.25, -0.2) is 14.0 Å². The fraction of sp³-hybridized carbons (Fsp3) is 0.280. The Bertz CT molecular complexity index is 1260. The summed E-state index contributed by atoms with van der Waals surface area (Å²) in [4.78, 5) is 54.1. The number of carbonyl (C=O) groups is 4. The van der Waals surface area contributed by atoms with Gasteiger partial charge in [0.05, 0.1) is 17.2 Å². The van der Waals surface area contributed by atoms with Crippen molar-refractivity contribution in [2.24, 2.45) is 0 Å². The van der Waals surface area contributed by atoms with E-state index in [4.69, 9.17) is 4.74 Å². The van der Waals surface area contributed by atoms with E-state index in [0.29, 0.717) is 42.0 Å². The highest BCUT2D eigenvalue weighted by atomic mass is 19.1. The summed E-state index contributed by atoms with van der Waals surface area (Å²) in [6, 6.07) is 10.3. The van der Waals surface area contributed by atoms with Crippen LogP contribution in [-0.4, -0.2) is 70.7 Å². The quantitative estimate of drug-likeness (QED) is 0.514. The normalized spacial score (nSPS) is 21.0. The number of esters is 1. The number of amides is 4. The molecule has 3 aliphatic rings. The highest BCUT2D eigenvalue weighted by molar-refractivity contribution is 6.06. The summed E-state index contributed by atoms with van der Waals surface area (Å²) in [6.07, 6.45) is 2.03. The van der Waals surface area contributed by atoms with Crippen LogP contribution in [0.3, 0.4) is 0 Å². The summed E-state index contributed by atoms with van der Waals surface area (Å²) in [5.74, 6) is -1.60. The van der Waals surface area contributed by atoms with Crippen molar-refractivity contribution in [3.8, 4) is 0 Å². The van der Waals surface area contributed by atoms with Crippen LogP contribution in [0.15, 0.2) is 42.5 Å². The number of hydrogen-bond acceptors (Lipinski definition) is 5. The van der Waals surface area contributed by atoms with Gasteiger partial charge in [0.15, 0.2) is 0 Å². The smallest absolute Gasteiger partial charge is 0.344 e. The summed E-state index contributed by atoms with van der Waals surface area (Å²) >= 11 is 0. The van der Waals surface area contributed by atoms with Gasteiger partial charge in [-0.15, -0.1) is 0 Å². The van der Waals surface area contributed by atoms with E-state index in [1.807, 2.05) is 0 Å². The molecular weight excluding hydrogens is 441 g/mol. The molecule has 2 aromatic rings. The van der Waals surface area contributed by atoms with Gasteiger partial charge in [0.25, 0.3) is 11.8 Å². The number of hydrogen-bond donors (Lipinski definition) is 0. The van der Waals surface area contributed by atoms with E-state index in [-0.39, 0.29) is 30.6 Å². The SMILES string of the molecule is CCN1CC(=O)N([C@@H]2CCN(C(=O)c3cc(/C=C4\OC(=O)c5ccccc54)ccc3F)C2)C1=O. The summed E-state index contributed by atoms with van der Waals surface area (Å²) in [6.45, 7) is 2.74. The summed E-state index contributed by atoms with van der Waals surface area (Å²) in [5, 5.41) is 0. The molecule has 2 saturated heterocycles. The lowest BCUT2D eigenvalue weighted by Gasteiger charge is -2.23. The number of ether oxygens (including phenoxy) is 1. The predicted octanol–water partition coefficient (Wildman–Crippen LogP) is 2.99. The molecule has 0 unspecified atom stereocenters. The fourth-order valence-electron chi connectivity index (χ4n) is 4.62. The second kappa shape index (κ2) is 8.40. The number of imide groups is 1. The van der Waals surface area contributed by atoms with E-state index < -0.39 is 23.7 Å². The van der Waals surface area contributed by atoms with E-state index in [1.54, 1.807) is 37.3 Å². The van der Waals surface area contributed by atoms with Crippen LogP contribution in [-0.2, 0) is 9.53 Å². The van der Waals surface area contributed by atoms with E-state index in [2.05, 4.69) is 0 Å². The van der Waals surface area contributed by atoms with Crippen LogP contribution >= 0.6 is 0 Å².